The number of aromatic nitrogens is 3. The summed E-state index contributed by atoms with van der Waals surface area (Å²) >= 11 is 0. The van der Waals surface area contributed by atoms with Gasteiger partial charge in [-0.1, -0.05) is 12.1 Å². The summed E-state index contributed by atoms with van der Waals surface area (Å²) < 4.78 is 34.3. The molecule has 1 aliphatic carbocycles. The molecule has 0 spiro atoms. The van der Waals surface area contributed by atoms with Gasteiger partial charge < -0.3 is 9.30 Å². The summed E-state index contributed by atoms with van der Waals surface area (Å²) in [5.41, 5.74) is 4.04. The molecule has 1 saturated heterocycles. The zero-order valence-electron chi connectivity index (χ0n) is 18.1. The van der Waals surface area contributed by atoms with Gasteiger partial charge in [-0.25, -0.2) is 18.4 Å². The maximum Gasteiger partial charge on any atom is 0.321 e. The minimum Gasteiger partial charge on any atom is -0.424 e. The highest BCUT2D eigenvalue weighted by molar-refractivity contribution is 7.93. The first-order valence-electron chi connectivity index (χ1n) is 11.3. The lowest BCUT2D eigenvalue weighted by Gasteiger charge is -2.17. The minimum absolute atomic E-state index is 0.225. The van der Waals surface area contributed by atoms with Gasteiger partial charge in [0, 0.05) is 42.6 Å². The molecule has 3 heterocycles. The predicted octanol–water partition coefficient (Wildman–Crippen LogP) is 4.84. The summed E-state index contributed by atoms with van der Waals surface area (Å²) in [7, 11) is -3.18. The quantitative estimate of drug-likeness (QED) is 0.411. The Kier molecular flexibility index (Phi) is 4.83. The van der Waals surface area contributed by atoms with Crippen LogP contribution in [0.5, 0.6) is 11.8 Å². The highest BCUT2D eigenvalue weighted by Crippen LogP contribution is 2.38. The molecule has 4 aromatic rings. The van der Waals surface area contributed by atoms with Crippen molar-refractivity contribution in [2.45, 2.75) is 25.8 Å². The highest BCUT2D eigenvalue weighted by Gasteiger charge is 2.28. The number of hydrogen-bond donors (Lipinski definition) is 0. The Balaban J connectivity index is 1.37. The number of benzene rings is 2. The fraction of sp³-hybridized carbons (Fsp3) is 0.280. The van der Waals surface area contributed by atoms with Gasteiger partial charge in [-0.2, -0.15) is 0 Å². The molecule has 2 aromatic carbocycles. The highest BCUT2D eigenvalue weighted by atomic mass is 32.2. The van der Waals surface area contributed by atoms with E-state index in [2.05, 4.69) is 26.7 Å². The van der Waals surface area contributed by atoms with Crippen molar-refractivity contribution in [3.05, 3.63) is 67.0 Å². The van der Waals surface area contributed by atoms with Crippen LogP contribution in [0.4, 0.5) is 5.69 Å². The third-order valence-electron chi connectivity index (χ3n) is 6.31. The van der Waals surface area contributed by atoms with Crippen LogP contribution in [0, 0.1) is 5.92 Å². The monoisotopic (exact) mass is 460 g/mol. The molecule has 0 N–H and O–H groups in total. The molecule has 0 radical (unpaired) electrons. The second-order valence-corrected chi connectivity index (χ2v) is 10.7. The molecule has 2 aliphatic rings. The van der Waals surface area contributed by atoms with Crippen molar-refractivity contribution >= 4 is 26.6 Å². The summed E-state index contributed by atoms with van der Waals surface area (Å²) in [6.45, 7) is 1.50. The Morgan fingerprint density at radius 2 is 1.79 bits per heavy atom. The SMILES string of the molecule is O=S1(=O)CCCN1c1ccc(-c2cc3ccc(Oc4ncccn4)cc3n2CC2CC2)cc1. The van der Waals surface area contributed by atoms with E-state index in [0.29, 0.717) is 30.6 Å². The van der Waals surface area contributed by atoms with Crippen LogP contribution >= 0.6 is 0 Å². The number of fused-ring (bicyclic) bond motifs is 1. The summed E-state index contributed by atoms with van der Waals surface area (Å²) in [6, 6.07) is 18.2. The van der Waals surface area contributed by atoms with Gasteiger partial charge in [-0.05, 0) is 67.1 Å². The van der Waals surface area contributed by atoms with Gasteiger partial charge in [-0.3, -0.25) is 4.31 Å². The lowest BCUT2D eigenvalue weighted by atomic mass is 10.1. The Morgan fingerprint density at radius 3 is 2.48 bits per heavy atom. The molecular weight excluding hydrogens is 436 g/mol. The van der Waals surface area contributed by atoms with Gasteiger partial charge in [0.25, 0.3) is 0 Å². The molecule has 0 amide bonds. The van der Waals surface area contributed by atoms with Crippen LogP contribution in [-0.4, -0.2) is 35.3 Å². The van der Waals surface area contributed by atoms with E-state index in [-0.39, 0.29) is 5.75 Å². The molecule has 2 aromatic heterocycles. The predicted molar refractivity (Wildman–Crippen MR) is 128 cm³/mol. The Bertz CT molecular complexity index is 1410. The average molecular weight is 461 g/mol. The van der Waals surface area contributed by atoms with E-state index in [1.165, 1.54) is 17.1 Å². The van der Waals surface area contributed by atoms with E-state index in [1.807, 2.05) is 36.4 Å². The summed E-state index contributed by atoms with van der Waals surface area (Å²) in [6.07, 6.45) is 6.49. The average Bonchev–Trinajstić information content (AvgIpc) is 3.48. The van der Waals surface area contributed by atoms with Crippen LogP contribution in [0.15, 0.2) is 67.0 Å². The molecule has 7 nitrogen and oxygen atoms in total. The van der Waals surface area contributed by atoms with Gasteiger partial charge in [0.05, 0.1) is 17.0 Å². The fourth-order valence-corrected chi connectivity index (χ4v) is 6.03. The van der Waals surface area contributed by atoms with Crippen molar-refractivity contribution in [1.29, 1.82) is 0 Å². The molecule has 2 fully saturated rings. The number of ether oxygens (including phenoxy) is 1. The van der Waals surface area contributed by atoms with Crippen LogP contribution in [0.1, 0.15) is 19.3 Å². The Morgan fingerprint density at radius 1 is 1.00 bits per heavy atom. The lowest BCUT2D eigenvalue weighted by Crippen LogP contribution is -2.24. The lowest BCUT2D eigenvalue weighted by molar-refractivity contribution is 0.442. The molecule has 1 aliphatic heterocycles. The van der Waals surface area contributed by atoms with Gasteiger partial charge in [0.15, 0.2) is 0 Å². The van der Waals surface area contributed by atoms with Gasteiger partial charge in [-0.15, -0.1) is 0 Å². The molecule has 0 bridgehead atoms. The first-order valence-corrected chi connectivity index (χ1v) is 12.9. The molecule has 1 saturated carbocycles. The summed E-state index contributed by atoms with van der Waals surface area (Å²) in [4.78, 5) is 8.30. The van der Waals surface area contributed by atoms with Gasteiger partial charge in [0.1, 0.15) is 5.75 Å². The second-order valence-electron chi connectivity index (χ2n) is 8.73. The molecule has 8 heteroatoms. The first kappa shape index (κ1) is 20.2. The van der Waals surface area contributed by atoms with Crippen molar-refractivity contribution in [2.75, 3.05) is 16.6 Å². The molecule has 6 rings (SSSR count). The number of rotatable bonds is 6. The van der Waals surface area contributed by atoms with Gasteiger partial charge >= 0.3 is 6.01 Å². The summed E-state index contributed by atoms with van der Waals surface area (Å²) in [5.74, 6) is 1.61. The smallest absolute Gasteiger partial charge is 0.321 e. The third kappa shape index (κ3) is 3.95. The number of hydrogen-bond acceptors (Lipinski definition) is 5. The van der Waals surface area contributed by atoms with E-state index < -0.39 is 10.0 Å². The largest absolute Gasteiger partial charge is 0.424 e. The molecule has 168 valence electrons. The van der Waals surface area contributed by atoms with E-state index in [9.17, 15) is 8.42 Å². The molecular formula is C25H24N4O3S. The minimum atomic E-state index is -3.18. The van der Waals surface area contributed by atoms with Crippen molar-refractivity contribution in [2.24, 2.45) is 5.92 Å². The normalized spacial score (nSPS) is 17.5. The van der Waals surface area contributed by atoms with Crippen LogP contribution in [-0.2, 0) is 16.6 Å². The van der Waals surface area contributed by atoms with E-state index in [4.69, 9.17) is 4.74 Å². The first-order chi connectivity index (χ1) is 16.1. The molecule has 33 heavy (non-hydrogen) atoms. The van der Waals surface area contributed by atoms with Crippen molar-refractivity contribution in [1.82, 2.24) is 14.5 Å². The Labute approximate surface area is 192 Å². The second kappa shape index (κ2) is 7.88. The number of sulfonamides is 1. The number of nitrogens with zero attached hydrogens (tertiary/aromatic N) is 4. The fourth-order valence-electron chi connectivity index (χ4n) is 4.46. The zero-order valence-corrected chi connectivity index (χ0v) is 18.9. The van der Waals surface area contributed by atoms with Crippen LogP contribution in [0.2, 0.25) is 0 Å². The van der Waals surface area contributed by atoms with Crippen LogP contribution < -0.4 is 9.04 Å². The van der Waals surface area contributed by atoms with Gasteiger partial charge in [0.2, 0.25) is 10.0 Å². The van der Waals surface area contributed by atoms with E-state index in [0.717, 1.165) is 34.4 Å². The van der Waals surface area contributed by atoms with E-state index in [1.54, 1.807) is 18.5 Å². The molecule has 0 atom stereocenters. The van der Waals surface area contributed by atoms with E-state index >= 15 is 0 Å². The maximum absolute atomic E-state index is 12.3. The standard InChI is InChI=1S/C25H24N4O3S/c30-33(31)14-2-13-29(33)21-8-5-19(6-9-21)23-15-20-7-10-22(32-25-26-11-1-12-27-25)16-24(20)28(23)17-18-3-4-18/h1,5-12,15-16,18H,2-4,13-14,17H2. The van der Waals surface area contributed by atoms with Crippen LogP contribution in [0.25, 0.3) is 22.2 Å². The maximum atomic E-state index is 12.3. The Hall–Kier alpha value is -3.39. The van der Waals surface area contributed by atoms with Crippen molar-refractivity contribution < 1.29 is 13.2 Å². The van der Waals surface area contributed by atoms with Crippen LogP contribution in [0.3, 0.4) is 0 Å². The summed E-state index contributed by atoms with van der Waals surface area (Å²) in [5, 5.41) is 1.14. The zero-order chi connectivity index (χ0) is 22.4. The van der Waals surface area contributed by atoms with Crippen molar-refractivity contribution in [3.8, 4) is 23.0 Å². The topological polar surface area (TPSA) is 77.3 Å². The molecule has 0 unspecified atom stereocenters. The van der Waals surface area contributed by atoms with Crippen molar-refractivity contribution in [3.63, 3.8) is 0 Å². The third-order valence-corrected chi connectivity index (χ3v) is 8.18. The number of anilines is 1.